The Hall–Kier alpha value is -3.02. The van der Waals surface area contributed by atoms with Gasteiger partial charge in [0, 0.05) is 16.5 Å². The van der Waals surface area contributed by atoms with E-state index in [-0.39, 0.29) is 0 Å². The molecule has 1 aliphatic heterocycles. The molecule has 7 rings (SSSR count). The van der Waals surface area contributed by atoms with Gasteiger partial charge in [-0.25, -0.2) is 0 Å². The Morgan fingerprint density at radius 2 is 1.89 bits per heavy atom. The number of fused-ring (bicyclic) bond motifs is 10. The minimum absolute atomic E-state index is 0.325. The van der Waals surface area contributed by atoms with Crippen molar-refractivity contribution in [2.24, 2.45) is 17.8 Å². The predicted molar refractivity (Wildman–Crippen MR) is 110 cm³/mol. The summed E-state index contributed by atoms with van der Waals surface area (Å²) in [6.45, 7) is 0. The van der Waals surface area contributed by atoms with Crippen molar-refractivity contribution in [3.05, 3.63) is 47.7 Å². The molecule has 6 nitrogen and oxygen atoms in total. The number of nitrogens with zero attached hydrogens (tertiary/aromatic N) is 2. The highest BCUT2D eigenvalue weighted by molar-refractivity contribution is 5.90. The molecule has 5 N–H and O–H groups in total. The van der Waals surface area contributed by atoms with Gasteiger partial charge >= 0.3 is 0 Å². The van der Waals surface area contributed by atoms with Crippen LogP contribution in [0, 0.1) is 17.8 Å². The van der Waals surface area contributed by atoms with Crippen LogP contribution in [0.5, 0.6) is 0 Å². The van der Waals surface area contributed by atoms with Crippen LogP contribution in [0.3, 0.4) is 0 Å². The lowest BCUT2D eigenvalue weighted by Gasteiger charge is -2.43. The standard InChI is InChI=1S/C22H22N6/c23-22-13-4-3-12(8-17(13)27-28-22)21-19-11-2-1-10(7-11)18(19)20-14-9-24-26-15(14)5-6-16(20)25-21/h3-6,8-11,18-19,21,25H,1-2,7H2,(H,24,26)(H3,23,27,28)/t10-,11+,18+,19-,21+/m1/s1. The van der Waals surface area contributed by atoms with Crippen LogP contribution in [-0.4, -0.2) is 20.4 Å². The van der Waals surface area contributed by atoms with E-state index in [9.17, 15) is 0 Å². The molecule has 3 heterocycles. The summed E-state index contributed by atoms with van der Waals surface area (Å²) >= 11 is 0. The number of aromatic amines is 2. The first-order valence-electron chi connectivity index (χ1n) is 10.2. The number of nitrogens with two attached hydrogens (primary N) is 1. The fraction of sp³-hybridized carbons (Fsp3) is 0.364. The topological polar surface area (TPSA) is 95.4 Å². The van der Waals surface area contributed by atoms with Gasteiger partial charge in [-0.15, -0.1) is 0 Å². The van der Waals surface area contributed by atoms with Gasteiger partial charge in [0.15, 0.2) is 5.82 Å². The Balaban J connectivity index is 1.43. The number of aromatic nitrogens is 4. The number of hydrogen-bond acceptors (Lipinski definition) is 4. The minimum Gasteiger partial charge on any atom is -0.382 e. The number of benzene rings is 2. The molecule has 140 valence electrons. The molecule has 2 aliphatic carbocycles. The average molecular weight is 370 g/mol. The number of H-pyrrole nitrogens is 2. The zero-order valence-electron chi connectivity index (χ0n) is 15.4. The number of nitrogen functional groups attached to an aromatic ring is 1. The molecule has 0 radical (unpaired) electrons. The molecule has 2 bridgehead atoms. The summed E-state index contributed by atoms with van der Waals surface area (Å²) in [4.78, 5) is 0. The molecule has 4 aromatic rings. The van der Waals surface area contributed by atoms with Gasteiger partial charge in [0.25, 0.3) is 0 Å². The van der Waals surface area contributed by atoms with E-state index in [1.807, 2.05) is 6.20 Å². The molecule has 3 aliphatic rings. The van der Waals surface area contributed by atoms with E-state index in [1.165, 1.54) is 41.5 Å². The molecule has 2 saturated carbocycles. The van der Waals surface area contributed by atoms with Crippen LogP contribution in [0.4, 0.5) is 11.5 Å². The van der Waals surface area contributed by atoms with E-state index in [0.29, 0.717) is 23.7 Å². The lowest BCUT2D eigenvalue weighted by Crippen LogP contribution is -2.35. The van der Waals surface area contributed by atoms with Gasteiger partial charge in [0.05, 0.1) is 23.3 Å². The third kappa shape index (κ3) is 1.78. The van der Waals surface area contributed by atoms with Gasteiger partial charge in [0.2, 0.25) is 0 Å². The van der Waals surface area contributed by atoms with Crippen molar-refractivity contribution in [3.8, 4) is 0 Å². The molecule has 2 aromatic carbocycles. The van der Waals surface area contributed by atoms with Gasteiger partial charge in [0.1, 0.15) is 0 Å². The molecular weight excluding hydrogens is 348 g/mol. The third-order valence-electron chi connectivity index (χ3n) is 7.65. The molecule has 28 heavy (non-hydrogen) atoms. The Morgan fingerprint density at radius 3 is 2.86 bits per heavy atom. The summed E-state index contributed by atoms with van der Waals surface area (Å²) in [5, 5.41) is 21.0. The first-order chi connectivity index (χ1) is 13.8. The maximum atomic E-state index is 5.98. The zero-order valence-corrected chi connectivity index (χ0v) is 15.4. The van der Waals surface area contributed by atoms with Gasteiger partial charge in [-0.1, -0.05) is 6.07 Å². The maximum absolute atomic E-state index is 5.98. The SMILES string of the molecule is Nc1n[nH]c2cc([C@@H]3Nc4ccc5[nH]ncc5c4[C@H]4[C@@H]5CC[C@@H](C5)[C@H]43)ccc12. The highest BCUT2D eigenvalue weighted by Gasteiger charge is 2.54. The van der Waals surface area contributed by atoms with Crippen molar-refractivity contribution < 1.29 is 0 Å². The number of nitrogens with one attached hydrogen (secondary N) is 3. The second-order valence-corrected chi connectivity index (χ2v) is 8.83. The van der Waals surface area contributed by atoms with Crippen LogP contribution in [0.25, 0.3) is 21.8 Å². The van der Waals surface area contributed by atoms with Crippen LogP contribution in [0.15, 0.2) is 36.5 Å². The van der Waals surface area contributed by atoms with Gasteiger partial charge < -0.3 is 11.1 Å². The molecule has 6 heteroatoms. The van der Waals surface area contributed by atoms with Crippen molar-refractivity contribution in [1.82, 2.24) is 20.4 Å². The summed E-state index contributed by atoms with van der Waals surface area (Å²) in [5.74, 6) is 3.41. The normalized spacial score (nSPS) is 30.5. The molecule has 0 amide bonds. The second kappa shape index (κ2) is 5.07. The fourth-order valence-corrected chi connectivity index (χ4v) is 6.59. The van der Waals surface area contributed by atoms with Gasteiger partial charge in [-0.05, 0) is 78.3 Å². The molecule has 0 spiro atoms. The quantitative estimate of drug-likeness (QED) is 0.401. The van der Waals surface area contributed by atoms with Crippen molar-refractivity contribution in [1.29, 1.82) is 0 Å². The molecular formula is C22H22N6. The molecule has 2 fully saturated rings. The van der Waals surface area contributed by atoms with Crippen molar-refractivity contribution >= 4 is 33.3 Å². The summed E-state index contributed by atoms with van der Waals surface area (Å²) in [6, 6.07) is 11.3. The Morgan fingerprint density at radius 1 is 0.964 bits per heavy atom. The van der Waals surface area contributed by atoms with Gasteiger partial charge in [-0.2, -0.15) is 10.2 Å². The zero-order chi connectivity index (χ0) is 18.4. The molecule has 2 aromatic heterocycles. The maximum Gasteiger partial charge on any atom is 0.153 e. The van der Waals surface area contributed by atoms with Crippen molar-refractivity contribution in [2.45, 2.75) is 31.2 Å². The van der Waals surface area contributed by atoms with E-state index in [0.717, 1.165) is 28.3 Å². The van der Waals surface area contributed by atoms with Crippen LogP contribution >= 0.6 is 0 Å². The summed E-state index contributed by atoms with van der Waals surface area (Å²) in [6.07, 6.45) is 6.10. The van der Waals surface area contributed by atoms with Crippen LogP contribution in [0.2, 0.25) is 0 Å². The summed E-state index contributed by atoms with van der Waals surface area (Å²) in [7, 11) is 0. The lowest BCUT2D eigenvalue weighted by atomic mass is 9.67. The summed E-state index contributed by atoms with van der Waals surface area (Å²) in [5.41, 5.74) is 12.2. The van der Waals surface area contributed by atoms with E-state index in [2.05, 4.69) is 56.0 Å². The van der Waals surface area contributed by atoms with E-state index < -0.39 is 0 Å². The van der Waals surface area contributed by atoms with Crippen LogP contribution in [0.1, 0.15) is 42.3 Å². The minimum atomic E-state index is 0.325. The molecule has 5 atom stereocenters. The molecule has 0 saturated heterocycles. The third-order valence-corrected chi connectivity index (χ3v) is 7.65. The smallest absolute Gasteiger partial charge is 0.153 e. The van der Waals surface area contributed by atoms with Crippen molar-refractivity contribution in [3.63, 3.8) is 0 Å². The van der Waals surface area contributed by atoms with E-state index >= 15 is 0 Å². The highest BCUT2D eigenvalue weighted by atomic mass is 15.1. The fourth-order valence-electron chi connectivity index (χ4n) is 6.59. The highest BCUT2D eigenvalue weighted by Crippen LogP contribution is 2.64. The van der Waals surface area contributed by atoms with Crippen molar-refractivity contribution in [2.75, 3.05) is 11.1 Å². The average Bonchev–Trinajstić information content (AvgIpc) is 3.50. The first-order valence-corrected chi connectivity index (χ1v) is 10.2. The Kier molecular flexibility index (Phi) is 2.71. The lowest BCUT2D eigenvalue weighted by molar-refractivity contribution is 0.249. The molecule has 0 unspecified atom stereocenters. The largest absolute Gasteiger partial charge is 0.382 e. The predicted octanol–water partition coefficient (Wildman–Crippen LogP) is 4.32. The first kappa shape index (κ1) is 15.0. The van der Waals surface area contributed by atoms with Crippen LogP contribution in [-0.2, 0) is 0 Å². The Labute approximate surface area is 161 Å². The summed E-state index contributed by atoms with van der Waals surface area (Å²) < 4.78 is 0. The monoisotopic (exact) mass is 370 g/mol. The number of hydrogen-bond donors (Lipinski definition) is 4. The van der Waals surface area contributed by atoms with Gasteiger partial charge in [-0.3, -0.25) is 10.2 Å². The number of rotatable bonds is 1. The van der Waals surface area contributed by atoms with E-state index in [1.54, 1.807) is 0 Å². The van der Waals surface area contributed by atoms with E-state index in [4.69, 9.17) is 5.73 Å². The van der Waals surface area contributed by atoms with Crippen LogP contribution < -0.4 is 11.1 Å². The number of anilines is 2. The second-order valence-electron chi connectivity index (χ2n) is 8.83. The Bertz CT molecular complexity index is 1240.